The summed E-state index contributed by atoms with van der Waals surface area (Å²) in [7, 11) is -2.25. The molecule has 0 spiro atoms. The SMILES string of the molecule is CN(c1ccccn1)S(=O)(=O)c1ccc(CN)c(Cl)c1. The largest absolute Gasteiger partial charge is 0.326 e. The molecule has 0 radical (unpaired) electrons. The number of anilines is 1. The molecule has 2 aromatic rings. The predicted molar refractivity (Wildman–Crippen MR) is 79.2 cm³/mol. The fourth-order valence-electron chi connectivity index (χ4n) is 1.68. The number of sulfonamides is 1. The summed E-state index contributed by atoms with van der Waals surface area (Å²) in [5.41, 5.74) is 6.21. The minimum Gasteiger partial charge on any atom is -0.326 e. The van der Waals surface area contributed by atoms with Crippen molar-refractivity contribution in [1.29, 1.82) is 0 Å². The standard InChI is InChI=1S/C13H14ClN3O2S/c1-17(13-4-2-3-7-16-13)20(18,19)11-6-5-10(9-15)12(14)8-11/h2-8H,9,15H2,1H3. The van der Waals surface area contributed by atoms with Gasteiger partial charge in [0.2, 0.25) is 0 Å². The van der Waals surface area contributed by atoms with Gasteiger partial charge in [-0.2, -0.15) is 0 Å². The lowest BCUT2D eigenvalue weighted by atomic mass is 10.2. The van der Waals surface area contributed by atoms with Crippen molar-refractivity contribution in [3.63, 3.8) is 0 Å². The highest BCUT2D eigenvalue weighted by molar-refractivity contribution is 7.92. The molecular formula is C13H14ClN3O2S. The summed E-state index contributed by atoms with van der Waals surface area (Å²) in [6.45, 7) is 0.259. The number of halogens is 1. The molecule has 20 heavy (non-hydrogen) atoms. The first kappa shape index (κ1) is 14.8. The van der Waals surface area contributed by atoms with Gasteiger partial charge in [0.05, 0.1) is 4.90 Å². The Morgan fingerprint density at radius 2 is 2.05 bits per heavy atom. The van der Waals surface area contributed by atoms with Crippen LogP contribution >= 0.6 is 11.6 Å². The van der Waals surface area contributed by atoms with Gasteiger partial charge < -0.3 is 5.73 Å². The third kappa shape index (κ3) is 2.77. The highest BCUT2D eigenvalue weighted by Gasteiger charge is 2.22. The maximum Gasteiger partial charge on any atom is 0.265 e. The molecule has 0 aliphatic carbocycles. The average Bonchev–Trinajstić information content (AvgIpc) is 2.47. The molecule has 1 aromatic heterocycles. The second-order valence-electron chi connectivity index (χ2n) is 4.12. The zero-order valence-corrected chi connectivity index (χ0v) is 12.4. The van der Waals surface area contributed by atoms with Crippen molar-refractivity contribution in [2.45, 2.75) is 11.4 Å². The molecule has 0 bridgehead atoms. The van der Waals surface area contributed by atoms with Gasteiger partial charge in [-0.3, -0.25) is 4.31 Å². The second-order valence-corrected chi connectivity index (χ2v) is 6.49. The Kier molecular flexibility index (Phi) is 4.27. The molecule has 2 N–H and O–H groups in total. The topological polar surface area (TPSA) is 76.3 Å². The van der Waals surface area contributed by atoms with Crippen LogP contribution in [-0.2, 0) is 16.6 Å². The molecule has 0 fully saturated rings. The van der Waals surface area contributed by atoms with E-state index in [-0.39, 0.29) is 11.4 Å². The summed E-state index contributed by atoms with van der Waals surface area (Å²) >= 11 is 6.01. The fourth-order valence-corrected chi connectivity index (χ4v) is 3.17. The summed E-state index contributed by atoms with van der Waals surface area (Å²) in [5.74, 6) is 0.339. The average molecular weight is 312 g/mol. The monoisotopic (exact) mass is 311 g/mol. The van der Waals surface area contributed by atoms with Gasteiger partial charge in [0.25, 0.3) is 10.0 Å². The minimum atomic E-state index is -3.69. The zero-order chi connectivity index (χ0) is 14.8. The Morgan fingerprint density at radius 1 is 1.30 bits per heavy atom. The maximum atomic E-state index is 12.5. The number of rotatable bonds is 4. The normalized spacial score (nSPS) is 11.3. The van der Waals surface area contributed by atoms with E-state index >= 15 is 0 Å². The van der Waals surface area contributed by atoms with Crippen LogP contribution in [0.25, 0.3) is 0 Å². The van der Waals surface area contributed by atoms with Gasteiger partial charge in [-0.25, -0.2) is 13.4 Å². The van der Waals surface area contributed by atoms with Crippen molar-refractivity contribution in [2.24, 2.45) is 5.73 Å². The first-order valence-corrected chi connectivity index (χ1v) is 7.67. The van der Waals surface area contributed by atoms with E-state index in [2.05, 4.69) is 4.98 Å². The Hall–Kier alpha value is -1.63. The molecule has 0 unspecified atom stereocenters. The van der Waals surface area contributed by atoms with E-state index < -0.39 is 10.0 Å². The molecule has 1 aromatic carbocycles. The van der Waals surface area contributed by atoms with E-state index in [9.17, 15) is 8.42 Å². The van der Waals surface area contributed by atoms with Crippen LogP contribution < -0.4 is 10.0 Å². The molecule has 5 nitrogen and oxygen atoms in total. The number of nitrogens with zero attached hydrogens (tertiary/aromatic N) is 2. The molecule has 0 saturated carbocycles. The lowest BCUT2D eigenvalue weighted by molar-refractivity contribution is 0.594. The number of hydrogen-bond donors (Lipinski definition) is 1. The van der Waals surface area contributed by atoms with E-state index in [0.29, 0.717) is 16.4 Å². The first-order valence-electron chi connectivity index (χ1n) is 5.85. The van der Waals surface area contributed by atoms with Gasteiger partial charge in [-0.1, -0.05) is 23.7 Å². The van der Waals surface area contributed by atoms with E-state index in [4.69, 9.17) is 17.3 Å². The molecule has 0 aliphatic heterocycles. The van der Waals surface area contributed by atoms with Crippen LogP contribution in [0.1, 0.15) is 5.56 Å². The molecule has 106 valence electrons. The summed E-state index contributed by atoms with van der Waals surface area (Å²) in [6, 6.07) is 9.56. The minimum absolute atomic E-state index is 0.104. The highest BCUT2D eigenvalue weighted by Crippen LogP contribution is 2.24. The lowest BCUT2D eigenvalue weighted by Gasteiger charge is -2.18. The number of aromatic nitrogens is 1. The summed E-state index contributed by atoms with van der Waals surface area (Å²) in [5, 5.41) is 0.336. The Morgan fingerprint density at radius 3 is 2.60 bits per heavy atom. The van der Waals surface area contributed by atoms with E-state index in [1.165, 1.54) is 25.4 Å². The highest BCUT2D eigenvalue weighted by atomic mass is 35.5. The van der Waals surface area contributed by atoms with Crippen LogP contribution in [0.5, 0.6) is 0 Å². The van der Waals surface area contributed by atoms with E-state index in [0.717, 1.165) is 4.31 Å². The van der Waals surface area contributed by atoms with Crippen molar-refractivity contribution < 1.29 is 8.42 Å². The summed E-state index contributed by atoms with van der Waals surface area (Å²) in [4.78, 5) is 4.12. The molecule has 1 heterocycles. The van der Waals surface area contributed by atoms with Gasteiger partial charge in [-0.05, 0) is 29.8 Å². The molecule has 0 aliphatic rings. The number of nitrogens with two attached hydrogens (primary N) is 1. The lowest BCUT2D eigenvalue weighted by Crippen LogP contribution is -2.27. The molecule has 2 rings (SSSR count). The van der Waals surface area contributed by atoms with Crippen LogP contribution in [0, 0.1) is 0 Å². The van der Waals surface area contributed by atoms with Crippen molar-refractivity contribution in [3.05, 3.63) is 53.2 Å². The van der Waals surface area contributed by atoms with Gasteiger partial charge in [0.1, 0.15) is 5.82 Å². The Labute approximate surface area is 123 Å². The van der Waals surface area contributed by atoms with Gasteiger partial charge >= 0.3 is 0 Å². The third-order valence-electron chi connectivity index (χ3n) is 2.87. The fraction of sp³-hybridized carbons (Fsp3) is 0.154. The van der Waals surface area contributed by atoms with E-state index in [1.807, 2.05) is 0 Å². The smallest absolute Gasteiger partial charge is 0.265 e. The van der Waals surface area contributed by atoms with Crippen molar-refractivity contribution in [1.82, 2.24) is 4.98 Å². The van der Waals surface area contributed by atoms with Crippen LogP contribution in [0.2, 0.25) is 5.02 Å². The summed E-state index contributed by atoms with van der Waals surface area (Å²) < 4.78 is 26.1. The number of pyridine rings is 1. The van der Waals surface area contributed by atoms with E-state index in [1.54, 1.807) is 24.3 Å². The molecule has 0 saturated heterocycles. The van der Waals surface area contributed by atoms with Gasteiger partial charge in [0.15, 0.2) is 0 Å². The van der Waals surface area contributed by atoms with Crippen LogP contribution in [0.3, 0.4) is 0 Å². The van der Waals surface area contributed by atoms with Gasteiger partial charge in [-0.15, -0.1) is 0 Å². The quantitative estimate of drug-likeness (QED) is 0.937. The van der Waals surface area contributed by atoms with Crippen molar-refractivity contribution >= 4 is 27.4 Å². The van der Waals surface area contributed by atoms with Gasteiger partial charge in [0, 0.05) is 24.8 Å². The molecule has 0 atom stereocenters. The van der Waals surface area contributed by atoms with Crippen LogP contribution in [0.4, 0.5) is 5.82 Å². The van der Waals surface area contributed by atoms with Crippen molar-refractivity contribution in [3.8, 4) is 0 Å². The Balaban J connectivity index is 2.43. The molecule has 0 amide bonds. The number of hydrogen-bond acceptors (Lipinski definition) is 4. The number of benzene rings is 1. The summed E-state index contributed by atoms with van der Waals surface area (Å²) in [6.07, 6.45) is 1.53. The van der Waals surface area contributed by atoms with Crippen molar-refractivity contribution in [2.75, 3.05) is 11.4 Å². The van der Waals surface area contributed by atoms with Crippen LogP contribution in [0.15, 0.2) is 47.5 Å². The second kappa shape index (κ2) is 5.78. The predicted octanol–water partition coefficient (Wildman–Crippen LogP) is 2.02. The molecule has 7 heteroatoms. The van der Waals surface area contributed by atoms with Crippen LogP contribution in [-0.4, -0.2) is 20.4 Å². The maximum absolute atomic E-state index is 12.5. The Bertz CT molecular complexity index is 705. The first-order chi connectivity index (χ1) is 9.46. The third-order valence-corrected chi connectivity index (χ3v) is 4.98. The zero-order valence-electron chi connectivity index (χ0n) is 10.8. The molecular weight excluding hydrogens is 298 g/mol.